The monoisotopic (exact) mass is 230 g/mol. The van der Waals surface area contributed by atoms with E-state index in [9.17, 15) is 0 Å². The van der Waals surface area contributed by atoms with Crippen LogP contribution in [-0.2, 0) is 0 Å². The molecule has 0 amide bonds. The van der Waals surface area contributed by atoms with Crippen molar-refractivity contribution < 1.29 is 0 Å². The van der Waals surface area contributed by atoms with E-state index >= 15 is 0 Å². The van der Waals surface area contributed by atoms with Gasteiger partial charge in [0.2, 0.25) is 0 Å². The Hall–Kier alpha value is -2.12. The minimum Gasteiger partial charge on any atom is -0.383 e. The van der Waals surface area contributed by atoms with E-state index in [1.165, 1.54) is 6.20 Å². The second-order valence-corrected chi connectivity index (χ2v) is 3.47. The topological polar surface area (TPSA) is 75.6 Å². The van der Waals surface area contributed by atoms with Crippen molar-refractivity contribution in [2.45, 2.75) is 0 Å². The molecule has 0 fully saturated rings. The fourth-order valence-electron chi connectivity index (χ4n) is 1.38. The lowest BCUT2D eigenvalue weighted by atomic mass is 10.1. The molecule has 0 aliphatic heterocycles. The summed E-state index contributed by atoms with van der Waals surface area (Å²) in [6, 6.07) is 7.11. The predicted octanol–water partition coefficient (Wildman–Crippen LogP) is 2.25. The molecule has 16 heavy (non-hydrogen) atoms. The summed E-state index contributed by atoms with van der Waals surface area (Å²) in [5.74, 6) is 0.182. The molecule has 78 valence electrons. The molecular weight excluding hydrogens is 224 g/mol. The maximum atomic E-state index is 9.01. The van der Waals surface area contributed by atoms with E-state index in [0.717, 1.165) is 0 Å². The van der Waals surface area contributed by atoms with Gasteiger partial charge < -0.3 is 5.73 Å². The van der Waals surface area contributed by atoms with Crippen LogP contribution in [0.5, 0.6) is 0 Å². The Kier molecular flexibility index (Phi) is 2.71. The van der Waals surface area contributed by atoms with Gasteiger partial charge in [0.25, 0.3) is 0 Å². The first kappa shape index (κ1) is 10.4. The highest BCUT2D eigenvalue weighted by molar-refractivity contribution is 6.33. The fraction of sp³-hybridized carbons (Fsp3) is 0. The van der Waals surface area contributed by atoms with E-state index in [-0.39, 0.29) is 5.82 Å². The second-order valence-electron chi connectivity index (χ2n) is 3.06. The molecule has 0 aromatic carbocycles. The molecule has 0 aliphatic rings. The molecule has 2 rings (SSSR count). The number of rotatable bonds is 1. The third-order valence-corrected chi connectivity index (χ3v) is 2.41. The number of pyridine rings is 2. The molecule has 0 aliphatic carbocycles. The zero-order chi connectivity index (χ0) is 11.5. The van der Waals surface area contributed by atoms with Gasteiger partial charge in [-0.1, -0.05) is 11.6 Å². The number of hydrogen-bond acceptors (Lipinski definition) is 4. The Balaban J connectivity index is 2.71. The van der Waals surface area contributed by atoms with Gasteiger partial charge in [0.1, 0.15) is 17.5 Å². The van der Waals surface area contributed by atoms with Crippen LogP contribution in [0.25, 0.3) is 11.3 Å². The molecule has 0 atom stereocenters. The van der Waals surface area contributed by atoms with Gasteiger partial charge in [0, 0.05) is 18.0 Å². The van der Waals surface area contributed by atoms with E-state index in [0.29, 0.717) is 21.8 Å². The molecule has 4 nitrogen and oxygen atoms in total. The quantitative estimate of drug-likeness (QED) is 0.815. The second kappa shape index (κ2) is 4.17. The number of nitrogens with two attached hydrogens (primary N) is 1. The van der Waals surface area contributed by atoms with Crippen molar-refractivity contribution in [1.29, 1.82) is 5.26 Å². The summed E-state index contributed by atoms with van der Waals surface area (Å²) < 4.78 is 0. The van der Waals surface area contributed by atoms with E-state index in [1.807, 2.05) is 6.07 Å². The summed E-state index contributed by atoms with van der Waals surface area (Å²) in [6.45, 7) is 0. The van der Waals surface area contributed by atoms with E-state index in [1.54, 1.807) is 24.4 Å². The first-order valence-corrected chi connectivity index (χ1v) is 4.87. The van der Waals surface area contributed by atoms with Crippen LogP contribution >= 0.6 is 11.6 Å². The molecule has 0 unspecified atom stereocenters. The Bertz CT molecular complexity index is 574. The minimum absolute atomic E-state index is 0.182. The highest BCUT2D eigenvalue weighted by atomic mass is 35.5. The van der Waals surface area contributed by atoms with E-state index < -0.39 is 0 Å². The standard InChI is InChI=1S/C11H7ClN4/c12-9-2-1-4-15-10(9)7-3-5-16-11(14)8(7)6-13/h1-5H,(H2,14,16). The number of nitriles is 1. The highest BCUT2D eigenvalue weighted by Gasteiger charge is 2.12. The van der Waals surface area contributed by atoms with Gasteiger partial charge in [-0.3, -0.25) is 4.98 Å². The molecule has 5 heteroatoms. The van der Waals surface area contributed by atoms with Crippen molar-refractivity contribution in [3.8, 4) is 17.3 Å². The maximum absolute atomic E-state index is 9.01. The largest absolute Gasteiger partial charge is 0.383 e. The summed E-state index contributed by atoms with van der Waals surface area (Å²) in [7, 11) is 0. The number of nitrogens with zero attached hydrogens (tertiary/aromatic N) is 3. The van der Waals surface area contributed by atoms with Crippen LogP contribution in [0.1, 0.15) is 5.56 Å². The zero-order valence-corrected chi connectivity index (χ0v) is 8.94. The van der Waals surface area contributed by atoms with Crippen LogP contribution in [0.15, 0.2) is 30.6 Å². The predicted molar refractivity (Wildman–Crippen MR) is 61.6 cm³/mol. The highest BCUT2D eigenvalue weighted by Crippen LogP contribution is 2.29. The molecule has 0 radical (unpaired) electrons. The number of nitrogen functional groups attached to an aromatic ring is 1. The van der Waals surface area contributed by atoms with E-state index in [4.69, 9.17) is 22.6 Å². The van der Waals surface area contributed by atoms with Crippen molar-refractivity contribution in [2.24, 2.45) is 0 Å². The first-order chi connectivity index (χ1) is 7.74. The van der Waals surface area contributed by atoms with Gasteiger partial charge in [-0.25, -0.2) is 4.98 Å². The third-order valence-electron chi connectivity index (χ3n) is 2.11. The lowest BCUT2D eigenvalue weighted by molar-refractivity contribution is 1.27. The van der Waals surface area contributed by atoms with Gasteiger partial charge in [0.15, 0.2) is 0 Å². The van der Waals surface area contributed by atoms with Crippen LogP contribution < -0.4 is 5.73 Å². The summed E-state index contributed by atoms with van der Waals surface area (Å²) in [4.78, 5) is 7.98. The van der Waals surface area contributed by atoms with Crippen LogP contribution in [0.2, 0.25) is 5.02 Å². The lowest BCUT2D eigenvalue weighted by Gasteiger charge is -2.06. The Morgan fingerprint density at radius 1 is 1.25 bits per heavy atom. The van der Waals surface area contributed by atoms with Gasteiger partial charge >= 0.3 is 0 Å². The average molecular weight is 231 g/mol. The molecule has 2 N–H and O–H groups in total. The maximum Gasteiger partial charge on any atom is 0.141 e. The number of hydrogen-bond donors (Lipinski definition) is 1. The Morgan fingerprint density at radius 3 is 2.75 bits per heavy atom. The smallest absolute Gasteiger partial charge is 0.141 e. The molecule has 0 saturated carbocycles. The molecule has 0 spiro atoms. The average Bonchev–Trinajstić information content (AvgIpc) is 2.29. The molecule has 0 saturated heterocycles. The minimum atomic E-state index is 0.182. The summed E-state index contributed by atoms with van der Waals surface area (Å²) in [5.41, 5.74) is 7.04. The number of anilines is 1. The fourth-order valence-corrected chi connectivity index (χ4v) is 1.60. The Labute approximate surface area is 97.3 Å². The number of halogens is 1. The van der Waals surface area contributed by atoms with Crippen molar-refractivity contribution in [3.05, 3.63) is 41.2 Å². The van der Waals surface area contributed by atoms with Crippen molar-refractivity contribution >= 4 is 17.4 Å². The van der Waals surface area contributed by atoms with Crippen LogP contribution in [0, 0.1) is 11.3 Å². The van der Waals surface area contributed by atoms with Crippen molar-refractivity contribution in [3.63, 3.8) is 0 Å². The molecular formula is C11H7ClN4. The Morgan fingerprint density at radius 2 is 2.06 bits per heavy atom. The van der Waals surface area contributed by atoms with Gasteiger partial charge in [-0.2, -0.15) is 5.26 Å². The van der Waals surface area contributed by atoms with Crippen molar-refractivity contribution in [2.75, 3.05) is 5.73 Å². The van der Waals surface area contributed by atoms with Crippen molar-refractivity contribution in [1.82, 2.24) is 9.97 Å². The van der Waals surface area contributed by atoms with E-state index in [2.05, 4.69) is 9.97 Å². The van der Waals surface area contributed by atoms with Gasteiger partial charge in [-0.15, -0.1) is 0 Å². The summed E-state index contributed by atoms with van der Waals surface area (Å²) in [5, 5.41) is 9.49. The van der Waals surface area contributed by atoms with Gasteiger partial charge in [-0.05, 0) is 18.2 Å². The van der Waals surface area contributed by atoms with Crippen LogP contribution in [0.3, 0.4) is 0 Å². The normalized spacial score (nSPS) is 9.75. The molecule has 2 aromatic rings. The van der Waals surface area contributed by atoms with Crippen LogP contribution in [0.4, 0.5) is 5.82 Å². The first-order valence-electron chi connectivity index (χ1n) is 4.49. The SMILES string of the molecule is N#Cc1c(-c2ncccc2Cl)ccnc1N. The zero-order valence-electron chi connectivity index (χ0n) is 8.18. The summed E-state index contributed by atoms with van der Waals surface area (Å²) >= 11 is 6.01. The summed E-state index contributed by atoms with van der Waals surface area (Å²) in [6.07, 6.45) is 3.13. The molecule has 2 aromatic heterocycles. The lowest BCUT2D eigenvalue weighted by Crippen LogP contribution is -1.97. The van der Waals surface area contributed by atoms with Crippen LogP contribution in [-0.4, -0.2) is 9.97 Å². The molecule has 0 bridgehead atoms. The molecule has 2 heterocycles. The number of aromatic nitrogens is 2. The third kappa shape index (κ3) is 1.69. The van der Waals surface area contributed by atoms with Gasteiger partial charge in [0.05, 0.1) is 10.7 Å².